The third kappa shape index (κ3) is 5.77. The first-order chi connectivity index (χ1) is 14.8. The minimum Gasteiger partial charge on any atom is -0.454 e. The van der Waals surface area contributed by atoms with Crippen molar-refractivity contribution in [2.24, 2.45) is 0 Å². The van der Waals surface area contributed by atoms with Crippen LogP contribution in [0.2, 0.25) is 0 Å². The molecule has 0 amide bonds. The van der Waals surface area contributed by atoms with Crippen LogP contribution in [0.5, 0.6) is 0 Å². The largest absolute Gasteiger partial charge is 0.454 e. The van der Waals surface area contributed by atoms with Crippen molar-refractivity contribution in [2.45, 2.75) is 37.7 Å². The van der Waals surface area contributed by atoms with Gasteiger partial charge in [0.25, 0.3) is 0 Å². The first kappa shape index (κ1) is 22.7. The van der Waals surface area contributed by atoms with Gasteiger partial charge in [-0.2, -0.15) is 0 Å². The van der Waals surface area contributed by atoms with Gasteiger partial charge in [-0.1, -0.05) is 61.5 Å². The van der Waals surface area contributed by atoms with E-state index in [4.69, 9.17) is 4.74 Å². The molecule has 0 fully saturated rings. The second-order valence-corrected chi connectivity index (χ2v) is 8.97. The molecule has 0 bridgehead atoms. The maximum atomic E-state index is 12.5. The molecule has 0 radical (unpaired) electrons. The molecular formula is C24H25NO5S. The van der Waals surface area contributed by atoms with Gasteiger partial charge in [0, 0.05) is 12.1 Å². The lowest BCUT2D eigenvalue weighted by Crippen LogP contribution is -2.29. The monoisotopic (exact) mass is 439 g/mol. The minimum absolute atomic E-state index is 0.124. The summed E-state index contributed by atoms with van der Waals surface area (Å²) >= 11 is 0. The number of benzene rings is 3. The van der Waals surface area contributed by atoms with Crippen LogP contribution in [-0.2, 0) is 26.0 Å². The number of nitrogens with one attached hydrogen (secondary N) is 1. The Morgan fingerprint density at radius 1 is 0.968 bits per heavy atom. The summed E-state index contributed by atoms with van der Waals surface area (Å²) < 4.78 is 32.6. The number of ketones is 1. The third-order valence-corrected chi connectivity index (χ3v) is 6.44. The summed E-state index contributed by atoms with van der Waals surface area (Å²) in [4.78, 5) is 24.6. The highest BCUT2D eigenvalue weighted by atomic mass is 32.2. The predicted octanol–water partition coefficient (Wildman–Crippen LogP) is 3.89. The van der Waals surface area contributed by atoms with E-state index in [1.54, 1.807) is 24.3 Å². The van der Waals surface area contributed by atoms with Crippen molar-refractivity contribution < 1.29 is 22.7 Å². The van der Waals surface area contributed by atoms with E-state index in [1.165, 1.54) is 13.0 Å². The van der Waals surface area contributed by atoms with Gasteiger partial charge in [-0.3, -0.25) is 9.59 Å². The molecule has 3 aromatic rings. The van der Waals surface area contributed by atoms with Crippen molar-refractivity contribution in [2.75, 3.05) is 6.54 Å². The van der Waals surface area contributed by atoms with Crippen molar-refractivity contribution in [3.63, 3.8) is 0 Å². The van der Waals surface area contributed by atoms with Gasteiger partial charge in [0.15, 0.2) is 6.10 Å². The Labute approximate surface area is 182 Å². The zero-order valence-corrected chi connectivity index (χ0v) is 18.3. The number of fused-ring (bicyclic) bond motifs is 1. The molecule has 1 atom stereocenters. The van der Waals surface area contributed by atoms with Gasteiger partial charge in [-0.15, -0.1) is 0 Å². The summed E-state index contributed by atoms with van der Waals surface area (Å²) in [7, 11) is -3.77. The lowest BCUT2D eigenvalue weighted by Gasteiger charge is -2.13. The van der Waals surface area contributed by atoms with E-state index in [0.717, 1.165) is 22.8 Å². The molecule has 1 N–H and O–H groups in total. The smallest absolute Gasteiger partial charge is 0.307 e. The van der Waals surface area contributed by atoms with E-state index in [9.17, 15) is 18.0 Å². The van der Waals surface area contributed by atoms with Crippen LogP contribution in [-0.4, -0.2) is 32.8 Å². The summed E-state index contributed by atoms with van der Waals surface area (Å²) in [5.41, 5.74) is 1.58. The fraction of sp³-hybridized carbons (Fsp3) is 0.250. The van der Waals surface area contributed by atoms with Gasteiger partial charge in [0.05, 0.1) is 11.3 Å². The minimum atomic E-state index is -3.77. The quantitative estimate of drug-likeness (QED) is 0.404. The highest BCUT2D eigenvalue weighted by Gasteiger charge is 2.20. The number of Topliss-reactive ketones (excluding diaryl/α,β-unsaturated/α-hetero) is 1. The Morgan fingerprint density at radius 3 is 2.32 bits per heavy atom. The lowest BCUT2D eigenvalue weighted by atomic mass is 10.0. The number of sulfonamides is 1. The molecule has 1 unspecified atom stereocenters. The van der Waals surface area contributed by atoms with Crippen molar-refractivity contribution in [3.05, 3.63) is 77.9 Å². The zero-order chi connectivity index (χ0) is 22.4. The number of rotatable bonds is 9. The van der Waals surface area contributed by atoms with Crippen LogP contribution in [0.1, 0.15) is 36.2 Å². The average Bonchev–Trinajstić information content (AvgIpc) is 2.78. The van der Waals surface area contributed by atoms with Crippen molar-refractivity contribution in [1.82, 2.24) is 4.72 Å². The summed E-state index contributed by atoms with van der Waals surface area (Å²) in [6.45, 7) is 3.41. The van der Waals surface area contributed by atoms with Crippen LogP contribution in [0.3, 0.4) is 0 Å². The molecule has 7 heteroatoms. The van der Waals surface area contributed by atoms with Gasteiger partial charge >= 0.3 is 5.97 Å². The molecule has 0 heterocycles. The Balaban J connectivity index is 1.52. The first-order valence-corrected chi connectivity index (χ1v) is 11.6. The molecule has 0 aliphatic carbocycles. The lowest BCUT2D eigenvalue weighted by molar-refractivity contribution is -0.146. The van der Waals surface area contributed by atoms with E-state index in [-0.39, 0.29) is 23.6 Å². The first-order valence-electron chi connectivity index (χ1n) is 10.1. The molecule has 31 heavy (non-hydrogen) atoms. The van der Waals surface area contributed by atoms with Gasteiger partial charge in [0.1, 0.15) is 0 Å². The fourth-order valence-electron chi connectivity index (χ4n) is 3.15. The Kier molecular flexibility index (Phi) is 7.20. The Bertz CT molecular complexity index is 1190. The zero-order valence-electron chi connectivity index (χ0n) is 17.5. The van der Waals surface area contributed by atoms with Crippen molar-refractivity contribution >= 4 is 32.5 Å². The molecule has 162 valence electrons. The van der Waals surface area contributed by atoms with E-state index < -0.39 is 22.1 Å². The number of esters is 1. The number of hydrogen-bond acceptors (Lipinski definition) is 5. The normalized spacial score (nSPS) is 12.5. The second kappa shape index (κ2) is 9.85. The number of ether oxygens (including phenoxy) is 1. The van der Waals surface area contributed by atoms with Gasteiger partial charge < -0.3 is 4.74 Å². The van der Waals surface area contributed by atoms with E-state index >= 15 is 0 Å². The Hall–Kier alpha value is -3.03. The number of aryl methyl sites for hydroxylation is 1. The highest BCUT2D eigenvalue weighted by Crippen LogP contribution is 2.18. The Morgan fingerprint density at radius 2 is 1.65 bits per heavy atom. The standard InChI is InChI=1S/C24H25NO5S/c1-3-18-8-10-20(11-9-18)24(27)17(2)30-23(26)14-15-25-31(28,29)22-13-12-19-6-4-5-7-21(19)16-22/h4-13,16-17,25H,3,14-15H2,1-2H3. The predicted molar refractivity (Wildman–Crippen MR) is 119 cm³/mol. The topological polar surface area (TPSA) is 89.5 Å². The van der Waals surface area contributed by atoms with Crippen LogP contribution in [0.4, 0.5) is 0 Å². The molecule has 0 spiro atoms. The third-order valence-electron chi connectivity index (χ3n) is 4.98. The molecular weight excluding hydrogens is 414 g/mol. The summed E-state index contributed by atoms with van der Waals surface area (Å²) in [5, 5.41) is 1.75. The fourth-order valence-corrected chi connectivity index (χ4v) is 4.22. The average molecular weight is 440 g/mol. The molecule has 0 aliphatic rings. The van der Waals surface area contributed by atoms with Gasteiger partial charge in [0.2, 0.25) is 15.8 Å². The molecule has 0 aliphatic heterocycles. The second-order valence-electron chi connectivity index (χ2n) is 7.20. The summed E-state index contributed by atoms with van der Waals surface area (Å²) in [6, 6.07) is 19.4. The SMILES string of the molecule is CCc1ccc(C(=O)C(C)OC(=O)CCNS(=O)(=O)c2ccc3ccccc3c2)cc1. The van der Waals surface area contributed by atoms with Crippen molar-refractivity contribution in [3.8, 4) is 0 Å². The van der Waals surface area contributed by atoms with E-state index in [1.807, 2.05) is 43.3 Å². The van der Waals surface area contributed by atoms with Crippen LogP contribution < -0.4 is 4.72 Å². The number of hydrogen-bond donors (Lipinski definition) is 1. The van der Waals surface area contributed by atoms with Crippen LogP contribution >= 0.6 is 0 Å². The molecule has 3 aromatic carbocycles. The van der Waals surface area contributed by atoms with E-state index in [2.05, 4.69) is 4.72 Å². The number of carbonyl (C=O) groups excluding carboxylic acids is 2. The molecule has 6 nitrogen and oxygen atoms in total. The highest BCUT2D eigenvalue weighted by molar-refractivity contribution is 7.89. The molecule has 3 rings (SSSR count). The van der Waals surface area contributed by atoms with Crippen LogP contribution in [0.15, 0.2) is 71.6 Å². The maximum absolute atomic E-state index is 12.5. The van der Waals surface area contributed by atoms with Gasteiger partial charge in [-0.05, 0) is 41.8 Å². The maximum Gasteiger partial charge on any atom is 0.307 e. The molecule has 0 aromatic heterocycles. The van der Waals surface area contributed by atoms with Gasteiger partial charge in [-0.25, -0.2) is 13.1 Å². The van der Waals surface area contributed by atoms with Crippen LogP contribution in [0, 0.1) is 0 Å². The summed E-state index contributed by atoms with van der Waals surface area (Å²) in [6.07, 6.45) is -0.259. The summed E-state index contributed by atoms with van der Waals surface area (Å²) in [5.74, 6) is -0.944. The molecule has 0 saturated carbocycles. The van der Waals surface area contributed by atoms with E-state index in [0.29, 0.717) is 5.56 Å². The molecule has 0 saturated heterocycles. The number of carbonyl (C=O) groups is 2. The van der Waals surface area contributed by atoms with Crippen molar-refractivity contribution in [1.29, 1.82) is 0 Å². The van der Waals surface area contributed by atoms with Crippen LogP contribution in [0.25, 0.3) is 10.8 Å².